The van der Waals surface area contributed by atoms with Gasteiger partial charge in [0, 0.05) is 73.6 Å². The fraction of sp³-hybridized carbons (Fsp3) is 0.419. The molecule has 9 atom stereocenters. The molecule has 15 nitrogen and oxygen atoms in total. The number of nitrogens with one attached hydrogen (secondary N) is 1. The number of aromatic hydroxyl groups is 3. The normalized spacial score (nSPS) is 30.4. The zero-order valence-corrected chi connectivity index (χ0v) is 33.9. The molecule has 1 amide bonds. The lowest BCUT2D eigenvalue weighted by Gasteiger charge is -2.38. The number of fused-ring (bicyclic) bond motifs is 14. The van der Waals surface area contributed by atoms with Crippen molar-refractivity contribution in [3.8, 4) is 23.0 Å². The number of phenols is 3. The molecule has 6 N–H and O–H groups in total. The Balaban J connectivity index is 1.73. The average molecular weight is 802 g/mol. The molecule has 3 aliphatic heterocycles. The van der Waals surface area contributed by atoms with Gasteiger partial charge in [0.2, 0.25) is 0 Å². The van der Waals surface area contributed by atoms with Gasteiger partial charge in [0.1, 0.15) is 23.4 Å². The van der Waals surface area contributed by atoms with Gasteiger partial charge >= 0.3 is 11.8 Å². The van der Waals surface area contributed by atoms with Crippen molar-refractivity contribution in [2.75, 3.05) is 12.4 Å². The van der Waals surface area contributed by atoms with E-state index in [1.54, 1.807) is 58.0 Å². The van der Waals surface area contributed by atoms with E-state index in [4.69, 9.17) is 18.9 Å². The molecule has 0 saturated heterocycles. The van der Waals surface area contributed by atoms with E-state index in [1.807, 2.05) is 0 Å². The zero-order chi connectivity index (χ0) is 42.8. The number of phenolic OH excluding ortho intramolecular Hbond substituents is 3. The van der Waals surface area contributed by atoms with Crippen LogP contribution in [0.2, 0.25) is 0 Å². The number of aliphatic imine (C=N–C) groups is 1. The number of ketones is 1. The van der Waals surface area contributed by atoms with Crippen LogP contribution in [0.5, 0.6) is 23.0 Å². The lowest BCUT2D eigenvalue weighted by atomic mass is 9.78. The first kappa shape index (κ1) is 43.4. The van der Waals surface area contributed by atoms with E-state index in [-0.39, 0.29) is 50.3 Å². The van der Waals surface area contributed by atoms with Gasteiger partial charge in [0.15, 0.2) is 11.6 Å². The summed E-state index contributed by atoms with van der Waals surface area (Å²) in [5.74, 6) is -8.40. The van der Waals surface area contributed by atoms with E-state index < -0.39 is 88.8 Å². The number of carbonyl (C=O) groups excluding carboxylic acids is 3. The van der Waals surface area contributed by atoms with Gasteiger partial charge in [0.05, 0.1) is 46.8 Å². The van der Waals surface area contributed by atoms with Crippen LogP contribution in [-0.4, -0.2) is 91.7 Å². The largest absolute Gasteiger partial charge is 0.507 e. The van der Waals surface area contributed by atoms with Crippen molar-refractivity contribution in [1.29, 1.82) is 0 Å². The van der Waals surface area contributed by atoms with Crippen molar-refractivity contribution in [3.05, 3.63) is 77.2 Å². The first-order valence-corrected chi connectivity index (χ1v) is 18.9. The third-order valence-electron chi connectivity index (χ3n) is 11.0. The van der Waals surface area contributed by atoms with E-state index in [0.717, 1.165) is 6.21 Å². The van der Waals surface area contributed by atoms with Crippen molar-refractivity contribution in [2.24, 2.45) is 28.7 Å². The highest BCUT2D eigenvalue weighted by Gasteiger charge is 2.50. The van der Waals surface area contributed by atoms with Gasteiger partial charge in [-0.25, -0.2) is 9.98 Å². The second-order valence-corrected chi connectivity index (χ2v) is 15.1. The molecule has 0 unspecified atom stereocenters. The summed E-state index contributed by atoms with van der Waals surface area (Å²) >= 11 is 0. The molecule has 0 radical (unpaired) electrons. The number of anilines is 1. The van der Waals surface area contributed by atoms with Crippen molar-refractivity contribution < 1.29 is 58.9 Å². The number of esters is 1. The molecule has 5 bridgehead atoms. The maximum Gasteiger partial charge on any atom is 0.312 e. The van der Waals surface area contributed by atoms with Crippen LogP contribution in [0.3, 0.4) is 0 Å². The summed E-state index contributed by atoms with van der Waals surface area (Å²) in [6, 6.07) is 4.95. The fourth-order valence-corrected chi connectivity index (χ4v) is 7.43. The number of carbonyl (C=O) groups is 3. The first-order valence-electron chi connectivity index (χ1n) is 18.9. The molecule has 0 fully saturated rings. The number of methoxy groups -OCH3 is 1. The minimum atomic E-state index is -2.06. The summed E-state index contributed by atoms with van der Waals surface area (Å²) in [7, 11) is 1.43. The number of amides is 1. The quantitative estimate of drug-likeness (QED) is 0.0783. The molecule has 310 valence electrons. The number of allylic oxidation sites excluding steroid dienone is 2. The summed E-state index contributed by atoms with van der Waals surface area (Å²) in [5, 5.41) is 60.2. The molecule has 3 aromatic rings. The number of ether oxygens (including phenoxy) is 4. The monoisotopic (exact) mass is 801 g/mol. The van der Waals surface area contributed by atoms with Crippen molar-refractivity contribution >= 4 is 46.2 Å². The number of aliphatic hydroxyl groups excluding tert-OH is 2. The molecule has 4 heterocycles. The van der Waals surface area contributed by atoms with Crippen LogP contribution in [-0.2, 0) is 23.8 Å². The average Bonchev–Trinajstić information content (AvgIpc) is 3.46. The molecular weight excluding hydrogens is 750 g/mol. The van der Waals surface area contributed by atoms with E-state index in [9.17, 15) is 39.9 Å². The molecule has 0 spiro atoms. The van der Waals surface area contributed by atoms with Crippen LogP contribution < -0.4 is 10.1 Å². The van der Waals surface area contributed by atoms with Gasteiger partial charge < -0.3 is 49.8 Å². The molecule has 58 heavy (non-hydrogen) atoms. The van der Waals surface area contributed by atoms with Gasteiger partial charge in [-0.05, 0) is 32.1 Å². The maximum absolute atomic E-state index is 14.4. The Morgan fingerprint density at radius 2 is 1.67 bits per heavy atom. The first-order chi connectivity index (χ1) is 27.3. The predicted octanol–water partition coefficient (Wildman–Crippen LogP) is 5.90. The Labute approximate surface area is 336 Å². The lowest BCUT2D eigenvalue weighted by molar-refractivity contribution is -0.160. The second kappa shape index (κ2) is 17.4. The second-order valence-electron chi connectivity index (χ2n) is 15.1. The van der Waals surface area contributed by atoms with E-state index in [1.165, 1.54) is 59.4 Å². The van der Waals surface area contributed by atoms with Crippen LogP contribution in [0.4, 0.5) is 11.5 Å². The highest BCUT2D eigenvalue weighted by molar-refractivity contribution is 6.24. The minimum Gasteiger partial charge on any atom is -0.507 e. The van der Waals surface area contributed by atoms with E-state index >= 15 is 0 Å². The molecule has 15 heteroatoms. The van der Waals surface area contributed by atoms with Crippen molar-refractivity contribution in [2.45, 2.75) is 85.6 Å². The molecule has 3 aliphatic rings. The molecule has 6 rings (SSSR count). The summed E-state index contributed by atoms with van der Waals surface area (Å²) in [6.07, 6.45) is 6.10. The highest BCUT2D eigenvalue weighted by Crippen LogP contribution is 2.55. The van der Waals surface area contributed by atoms with Crippen LogP contribution >= 0.6 is 0 Å². The van der Waals surface area contributed by atoms with Gasteiger partial charge in [-0.15, -0.1) is 0 Å². The topological polar surface area (TPSA) is 227 Å². The van der Waals surface area contributed by atoms with Crippen LogP contribution in [0, 0.1) is 30.6 Å². The number of benzene rings is 2. The Morgan fingerprint density at radius 1 is 0.966 bits per heavy atom. The lowest BCUT2D eigenvalue weighted by Crippen LogP contribution is -2.46. The SMILES string of the molecule is CO[C@H]1/C=C/O[C@@]2(C)Oc3c(C)c(O)c4c(O)c(c(/C=N/c5ccccn5)c(O)c4c3C2=O)NC(=O)/C(C)=C\C=C\[C@H](C)[C@H](O)[C@@H](C)[C@@H](O)[C@@H](C)[C@H](OC(C)=O)[C@@H]1C. The molecule has 0 aliphatic carbocycles. The zero-order valence-electron chi connectivity index (χ0n) is 33.9. The Bertz CT molecular complexity index is 2200. The van der Waals surface area contributed by atoms with Gasteiger partial charge in [0.25, 0.3) is 11.7 Å². The Hall–Kier alpha value is -5.77. The van der Waals surface area contributed by atoms with Crippen LogP contribution in [0.15, 0.2) is 65.5 Å². The standard InChI is InChI=1S/C43H51N3O12/c1-20-13-12-14-21(2)42(54)46-33-27(19-45-29-15-10-11-17-44-29)37(51)30-31(38(33)52)36(50)25(6)40-32(30)41(53)43(8,58-40)56-18-16-28(55-9)22(3)39(57-26(7)47)24(5)35(49)23(4)34(20)48/h10-20,22-24,28,34-35,39,48-52H,1-9H3,(H,46,54)/b13-12+,18-16+,21-14-,45-19+/t20-,22+,23+,24+,28-,34-,35+,39+,43-/m0/s1. The fourth-order valence-electron chi connectivity index (χ4n) is 7.43. The molecule has 1 aromatic heterocycles. The number of nitrogens with zero attached hydrogens (tertiary/aromatic N) is 2. The van der Waals surface area contributed by atoms with E-state index in [2.05, 4.69) is 15.3 Å². The third-order valence-corrected chi connectivity index (χ3v) is 11.0. The number of hydrogen-bond acceptors (Lipinski definition) is 14. The summed E-state index contributed by atoms with van der Waals surface area (Å²) in [5.41, 5.74) is -0.574. The van der Waals surface area contributed by atoms with E-state index in [0.29, 0.717) is 0 Å². The summed E-state index contributed by atoms with van der Waals surface area (Å²) in [6.45, 7) is 12.4. The number of hydrogen-bond donors (Lipinski definition) is 6. The van der Waals surface area contributed by atoms with Gasteiger partial charge in [-0.1, -0.05) is 52.0 Å². The van der Waals surface area contributed by atoms with Crippen LogP contribution in [0.1, 0.15) is 70.0 Å². The maximum atomic E-state index is 14.4. The number of Topliss-reactive ketones (excluding diaryl/α,β-unsaturated/α-hetero) is 1. The number of aromatic nitrogens is 1. The third kappa shape index (κ3) is 8.28. The Kier molecular flexibility index (Phi) is 13.0. The molecular formula is C43H51N3O12. The molecule has 2 aromatic carbocycles. The van der Waals surface area contributed by atoms with Crippen molar-refractivity contribution in [1.82, 2.24) is 4.98 Å². The van der Waals surface area contributed by atoms with Crippen molar-refractivity contribution in [3.63, 3.8) is 0 Å². The predicted molar refractivity (Wildman–Crippen MR) is 215 cm³/mol. The van der Waals surface area contributed by atoms with Gasteiger partial charge in [-0.2, -0.15) is 0 Å². The highest BCUT2D eigenvalue weighted by atomic mass is 16.7. The number of pyridine rings is 1. The number of aliphatic hydroxyl groups is 2. The summed E-state index contributed by atoms with van der Waals surface area (Å²) in [4.78, 5) is 48.8. The molecule has 0 saturated carbocycles. The Morgan fingerprint density at radius 3 is 2.31 bits per heavy atom. The smallest absolute Gasteiger partial charge is 0.312 e. The summed E-state index contributed by atoms with van der Waals surface area (Å²) < 4.78 is 23.5. The minimum absolute atomic E-state index is 0.0338. The van der Waals surface area contributed by atoms with Crippen LogP contribution in [0.25, 0.3) is 10.8 Å². The number of rotatable bonds is 4. The van der Waals surface area contributed by atoms with Gasteiger partial charge in [-0.3, -0.25) is 14.4 Å².